The van der Waals surface area contributed by atoms with Gasteiger partial charge in [-0.3, -0.25) is 9.69 Å². The van der Waals surface area contributed by atoms with E-state index in [1.165, 1.54) is 24.8 Å². The van der Waals surface area contributed by atoms with Gasteiger partial charge in [0.1, 0.15) is 0 Å². The van der Waals surface area contributed by atoms with Crippen LogP contribution in [0.2, 0.25) is 0 Å². The van der Waals surface area contributed by atoms with E-state index in [-0.39, 0.29) is 11.8 Å². The van der Waals surface area contributed by atoms with E-state index < -0.39 is 0 Å². The van der Waals surface area contributed by atoms with E-state index in [0.717, 1.165) is 57.1 Å². The molecule has 5 heteroatoms. The van der Waals surface area contributed by atoms with Crippen molar-refractivity contribution in [3.05, 3.63) is 54.2 Å². The van der Waals surface area contributed by atoms with Crippen LogP contribution in [0.3, 0.4) is 0 Å². The van der Waals surface area contributed by atoms with E-state index in [2.05, 4.69) is 44.4 Å². The summed E-state index contributed by atoms with van der Waals surface area (Å²) in [6, 6.07) is 14.4. The fourth-order valence-electron chi connectivity index (χ4n) is 4.34. The monoisotopic (exact) mass is 378 g/mol. The Bertz CT molecular complexity index is 773. The molecular weight excluding hydrogens is 348 g/mol. The van der Waals surface area contributed by atoms with Gasteiger partial charge in [0, 0.05) is 32.4 Å². The minimum Gasteiger partial charge on any atom is -0.355 e. The summed E-state index contributed by atoms with van der Waals surface area (Å²) in [6.45, 7) is 4.84. The number of anilines is 2. The van der Waals surface area contributed by atoms with Crippen LogP contribution in [0.15, 0.2) is 48.7 Å². The highest BCUT2D eigenvalue weighted by Gasteiger charge is 2.27. The lowest BCUT2D eigenvalue weighted by Crippen LogP contribution is -2.40. The van der Waals surface area contributed by atoms with E-state index >= 15 is 0 Å². The molecule has 1 unspecified atom stereocenters. The summed E-state index contributed by atoms with van der Waals surface area (Å²) in [5.41, 5.74) is 2.16. The van der Waals surface area contributed by atoms with Crippen LogP contribution in [0.25, 0.3) is 0 Å². The lowest BCUT2D eigenvalue weighted by molar-refractivity contribution is -0.121. The van der Waals surface area contributed by atoms with Crippen LogP contribution in [0, 0.1) is 5.92 Å². The largest absolute Gasteiger partial charge is 0.355 e. The standard InChI is InChI=1S/C23H30N4O/c28-23(20-11-8-14-26(18-20)17-19-9-3-1-4-10-19)25-21-12-7-13-24-22(21)27-15-5-2-6-16-27/h1,3-4,7,9-10,12-13,20H,2,5-6,8,11,14-18H2,(H,25,28). The molecule has 28 heavy (non-hydrogen) atoms. The van der Waals surface area contributed by atoms with Crippen molar-refractivity contribution in [2.75, 3.05) is 36.4 Å². The highest BCUT2D eigenvalue weighted by Crippen LogP contribution is 2.27. The maximum atomic E-state index is 13.0. The second-order valence-corrected chi connectivity index (χ2v) is 7.97. The quantitative estimate of drug-likeness (QED) is 0.857. The van der Waals surface area contributed by atoms with Gasteiger partial charge in [0.05, 0.1) is 11.6 Å². The van der Waals surface area contributed by atoms with Gasteiger partial charge >= 0.3 is 0 Å². The summed E-state index contributed by atoms with van der Waals surface area (Å²) in [7, 11) is 0. The van der Waals surface area contributed by atoms with Gasteiger partial charge in [-0.2, -0.15) is 0 Å². The first-order chi connectivity index (χ1) is 13.8. The maximum Gasteiger partial charge on any atom is 0.228 e. The van der Waals surface area contributed by atoms with Crippen molar-refractivity contribution < 1.29 is 4.79 Å². The third-order valence-corrected chi connectivity index (χ3v) is 5.83. The van der Waals surface area contributed by atoms with Crippen molar-refractivity contribution in [2.45, 2.75) is 38.6 Å². The molecule has 148 valence electrons. The number of hydrogen-bond acceptors (Lipinski definition) is 4. The van der Waals surface area contributed by atoms with E-state index in [0.29, 0.717) is 0 Å². The van der Waals surface area contributed by atoms with Crippen LogP contribution in [0.5, 0.6) is 0 Å². The second-order valence-electron chi connectivity index (χ2n) is 7.97. The molecule has 2 aliphatic heterocycles. The van der Waals surface area contributed by atoms with Crippen molar-refractivity contribution in [2.24, 2.45) is 5.92 Å². The van der Waals surface area contributed by atoms with E-state index in [9.17, 15) is 4.79 Å². The summed E-state index contributed by atoms with van der Waals surface area (Å²) < 4.78 is 0. The number of benzene rings is 1. The average Bonchev–Trinajstić information content (AvgIpc) is 2.76. The van der Waals surface area contributed by atoms with Gasteiger partial charge in [-0.25, -0.2) is 4.98 Å². The Morgan fingerprint density at radius 1 is 1.00 bits per heavy atom. The molecule has 0 radical (unpaired) electrons. The molecule has 0 spiro atoms. The molecule has 1 aromatic carbocycles. The first-order valence-electron chi connectivity index (χ1n) is 10.6. The lowest BCUT2D eigenvalue weighted by Gasteiger charge is -2.33. The Labute approximate surface area is 167 Å². The Balaban J connectivity index is 1.39. The van der Waals surface area contributed by atoms with E-state index in [1.54, 1.807) is 0 Å². The number of amides is 1. The molecule has 3 heterocycles. The Kier molecular flexibility index (Phi) is 6.22. The third kappa shape index (κ3) is 4.71. The fraction of sp³-hybridized carbons (Fsp3) is 0.478. The number of carbonyl (C=O) groups excluding carboxylic acids is 1. The molecule has 2 saturated heterocycles. The molecule has 5 nitrogen and oxygen atoms in total. The molecule has 1 atom stereocenters. The number of rotatable bonds is 5. The first kappa shape index (κ1) is 18.9. The van der Waals surface area contributed by atoms with E-state index in [1.807, 2.05) is 24.4 Å². The zero-order valence-electron chi connectivity index (χ0n) is 16.5. The number of aromatic nitrogens is 1. The molecule has 0 bridgehead atoms. The third-order valence-electron chi connectivity index (χ3n) is 5.83. The normalized spacial score (nSPS) is 20.7. The topological polar surface area (TPSA) is 48.5 Å². The van der Waals surface area contributed by atoms with Crippen molar-refractivity contribution in [3.8, 4) is 0 Å². The van der Waals surface area contributed by atoms with Crippen molar-refractivity contribution in [1.29, 1.82) is 0 Å². The van der Waals surface area contributed by atoms with Crippen LogP contribution >= 0.6 is 0 Å². The van der Waals surface area contributed by atoms with Gasteiger partial charge in [0.25, 0.3) is 0 Å². The number of hydrogen-bond donors (Lipinski definition) is 1. The van der Waals surface area contributed by atoms with Crippen LogP contribution in [0.1, 0.15) is 37.7 Å². The van der Waals surface area contributed by atoms with Crippen LogP contribution in [-0.4, -0.2) is 42.0 Å². The highest BCUT2D eigenvalue weighted by atomic mass is 16.1. The lowest BCUT2D eigenvalue weighted by atomic mass is 9.96. The first-order valence-corrected chi connectivity index (χ1v) is 10.6. The SMILES string of the molecule is O=C(Nc1cccnc1N1CCCCC1)C1CCCN(Cc2ccccc2)C1. The average molecular weight is 379 g/mol. The summed E-state index contributed by atoms with van der Waals surface area (Å²) >= 11 is 0. The summed E-state index contributed by atoms with van der Waals surface area (Å²) in [5.74, 6) is 1.09. The zero-order chi connectivity index (χ0) is 19.2. The summed E-state index contributed by atoms with van der Waals surface area (Å²) in [4.78, 5) is 22.3. The molecule has 1 amide bonds. The Morgan fingerprint density at radius 3 is 2.64 bits per heavy atom. The minimum atomic E-state index is 0.0341. The van der Waals surface area contributed by atoms with E-state index in [4.69, 9.17) is 0 Å². The number of piperidine rings is 2. The smallest absolute Gasteiger partial charge is 0.228 e. The van der Waals surface area contributed by atoms with Gasteiger partial charge in [0.15, 0.2) is 5.82 Å². The Hall–Kier alpha value is -2.40. The molecule has 2 aliphatic rings. The summed E-state index contributed by atoms with van der Waals surface area (Å²) in [6.07, 6.45) is 7.52. The zero-order valence-corrected chi connectivity index (χ0v) is 16.5. The molecule has 0 aliphatic carbocycles. The van der Waals surface area contributed by atoms with Crippen LogP contribution in [-0.2, 0) is 11.3 Å². The van der Waals surface area contributed by atoms with Crippen molar-refractivity contribution in [3.63, 3.8) is 0 Å². The number of pyridine rings is 1. The molecule has 1 aromatic heterocycles. The second kappa shape index (κ2) is 9.20. The molecule has 1 N–H and O–H groups in total. The van der Waals surface area contributed by atoms with Gasteiger partial charge in [-0.15, -0.1) is 0 Å². The van der Waals surface area contributed by atoms with Crippen LogP contribution < -0.4 is 10.2 Å². The van der Waals surface area contributed by atoms with Gasteiger partial charge < -0.3 is 10.2 Å². The predicted octanol–water partition coefficient (Wildman–Crippen LogP) is 3.92. The highest BCUT2D eigenvalue weighted by molar-refractivity contribution is 5.95. The van der Waals surface area contributed by atoms with Gasteiger partial charge in [-0.1, -0.05) is 30.3 Å². The molecule has 0 saturated carbocycles. The molecule has 2 aromatic rings. The predicted molar refractivity (Wildman–Crippen MR) is 113 cm³/mol. The summed E-state index contributed by atoms with van der Waals surface area (Å²) in [5, 5.41) is 3.19. The number of nitrogens with zero attached hydrogens (tertiary/aromatic N) is 3. The molecule has 2 fully saturated rings. The maximum absolute atomic E-state index is 13.0. The van der Waals surface area contributed by atoms with Crippen molar-refractivity contribution in [1.82, 2.24) is 9.88 Å². The number of nitrogens with one attached hydrogen (secondary N) is 1. The fourth-order valence-corrected chi connectivity index (χ4v) is 4.34. The Morgan fingerprint density at radius 2 is 1.82 bits per heavy atom. The van der Waals surface area contributed by atoms with Gasteiger partial charge in [0.2, 0.25) is 5.91 Å². The number of likely N-dealkylation sites (tertiary alicyclic amines) is 1. The minimum absolute atomic E-state index is 0.0341. The van der Waals surface area contributed by atoms with Gasteiger partial charge in [-0.05, 0) is 56.3 Å². The molecule has 4 rings (SSSR count). The van der Waals surface area contributed by atoms with Crippen molar-refractivity contribution >= 4 is 17.4 Å². The van der Waals surface area contributed by atoms with Crippen LogP contribution in [0.4, 0.5) is 11.5 Å². The number of carbonyl (C=O) groups is 1. The molecular formula is C23H30N4O.